The van der Waals surface area contributed by atoms with Crippen molar-refractivity contribution in [2.45, 2.75) is 32.0 Å². The van der Waals surface area contributed by atoms with E-state index in [-0.39, 0.29) is 18.1 Å². The van der Waals surface area contributed by atoms with Crippen molar-refractivity contribution in [1.82, 2.24) is 15.2 Å². The van der Waals surface area contributed by atoms with E-state index in [0.717, 1.165) is 27.9 Å². The Balaban J connectivity index is 1.75. The molecule has 132 valence electrons. The largest absolute Gasteiger partial charge is 0.459 e. The highest BCUT2D eigenvalue weighted by Gasteiger charge is 2.42. The Morgan fingerprint density at radius 3 is 2.50 bits per heavy atom. The molecule has 0 radical (unpaired) electrons. The van der Waals surface area contributed by atoms with Gasteiger partial charge in [0.1, 0.15) is 17.6 Å². The molecule has 0 bridgehead atoms. The average molecular weight is 363 g/mol. The molecule has 0 spiro atoms. The second-order valence-corrected chi connectivity index (χ2v) is 7.08. The standard InChI is InChI=1S/C21H21N3OS/c1-14(2)24-20(19(23-21(24)26)16-10-6-7-13-22-16)18-12-11-17(25-18)15-8-4-3-5-9-15/h3-14,19-20H,1-2H3,(H,23,26)/t19-,20-/m1/s1. The van der Waals surface area contributed by atoms with E-state index in [4.69, 9.17) is 16.6 Å². The number of thiocarbonyl (C=S) groups is 1. The normalized spacial score (nSPS) is 19.8. The molecule has 5 heteroatoms. The smallest absolute Gasteiger partial charge is 0.170 e. The van der Waals surface area contributed by atoms with Crippen molar-refractivity contribution in [2.24, 2.45) is 0 Å². The van der Waals surface area contributed by atoms with E-state index in [9.17, 15) is 0 Å². The third-order valence-corrected chi connectivity index (χ3v) is 5.00. The quantitative estimate of drug-likeness (QED) is 0.679. The first-order valence-corrected chi connectivity index (χ1v) is 9.21. The van der Waals surface area contributed by atoms with Crippen LogP contribution in [0.1, 0.15) is 37.4 Å². The van der Waals surface area contributed by atoms with Gasteiger partial charge >= 0.3 is 0 Å². The van der Waals surface area contributed by atoms with Gasteiger partial charge in [0, 0.05) is 17.8 Å². The third kappa shape index (κ3) is 2.99. The van der Waals surface area contributed by atoms with E-state index >= 15 is 0 Å². The van der Waals surface area contributed by atoms with E-state index in [1.54, 1.807) is 0 Å². The fourth-order valence-corrected chi connectivity index (χ4v) is 3.95. The van der Waals surface area contributed by atoms with Gasteiger partial charge in [-0.2, -0.15) is 0 Å². The van der Waals surface area contributed by atoms with Gasteiger partial charge in [-0.15, -0.1) is 0 Å². The molecule has 2 atom stereocenters. The van der Waals surface area contributed by atoms with Crippen LogP contribution in [0.25, 0.3) is 11.3 Å². The maximum atomic E-state index is 6.27. The van der Waals surface area contributed by atoms with E-state index in [2.05, 4.69) is 41.2 Å². The lowest BCUT2D eigenvalue weighted by atomic mass is 10.0. The molecule has 2 aromatic heterocycles. The van der Waals surface area contributed by atoms with E-state index in [1.807, 2.05) is 54.7 Å². The second-order valence-electron chi connectivity index (χ2n) is 6.70. The van der Waals surface area contributed by atoms with Crippen molar-refractivity contribution >= 4 is 17.3 Å². The van der Waals surface area contributed by atoms with Crippen LogP contribution in [-0.2, 0) is 0 Å². The first kappa shape index (κ1) is 16.8. The first-order chi connectivity index (χ1) is 12.6. The molecule has 1 aromatic carbocycles. The fraction of sp³-hybridized carbons (Fsp3) is 0.238. The zero-order chi connectivity index (χ0) is 18.1. The molecule has 0 aliphatic carbocycles. The molecule has 26 heavy (non-hydrogen) atoms. The van der Waals surface area contributed by atoms with Gasteiger partial charge in [0.15, 0.2) is 5.11 Å². The van der Waals surface area contributed by atoms with Crippen LogP contribution in [0.15, 0.2) is 71.3 Å². The lowest BCUT2D eigenvalue weighted by Gasteiger charge is -2.29. The number of pyridine rings is 1. The number of benzene rings is 1. The molecule has 3 heterocycles. The van der Waals surface area contributed by atoms with Crippen molar-refractivity contribution in [2.75, 3.05) is 0 Å². The second kappa shape index (κ2) is 6.92. The maximum absolute atomic E-state index is 6.27. The molecule has 1 N–H and O–H groups in total. The van der Waals surface area contributed by atoms with Crippen LogP contribution in [0, 0.1) is 0 Å². The van der Waals surface area contributed by atoms with Crippen LogP contribution in [0.2, 0.25) is 0 Å². The molecule has 3 aromatic rings. The summed E-state index contributed by atoms with van der Waals surface area (Å²) in [5.74, 6) is 1.75. The Morgan fingerprint density at radius 1 is 1.04 bits per heavy atom. The number of hydrogen-bond acceptors (Lipinski definition) is 3. The molecular weight excluding hydrogens is 342 g/mol. The maximum Gasteiger partial charge on any atom is 0.170 e. The van der Waals surface area contributed by atoms with Gasteiger partial charge in [0.25, 0.3) is 0 Å². The Hall–Kier alpha value is -2.66. The summed E-state index contributed by atoms with van der Waals surface area (Å²) in [5.41, 5.74) is 2.03. The molecule has 4 rings (SSSR count). The summed E-state index contributed by atoms with van der Waals surface area (Å²) < 4.78 is 6.27. The minimum atomic E-state index is -0.0409. The summed E-state index contributed by atoms with van der Waals surface area (Å²) in [6.07, 6.45) is 1.81. The minimum Gasteiger partial charge on any atom is -0.459 e. The number of hydrogen-bond donors (Lipinski definition) is 1. The molecule has 1 fully saturated rings. The summed E-state index contributed by atoms with van der Waals surface area (Å²) in [4.78, 5) is 6.74. The number of aromatic nitrogens is 1. The number of furan rings is 1. The highest BCUT2D eigenvalue weighted by molar-refractivity contribution is 7.80. The Kier molecular flexibility index (Phi) is 4.47. The molecule has 1 saturated heterocycles. The average Bonchev–Trinajstić information content (AvgIpc) is 3.27. The predicted molar refractivity (Wildman–Crippen MR) is 107 cm³/mol. The monoisotopic (exact) mass is 363 g/mol. The molecule has 0 unspecified atom stereocenters. The zero-order valence-electron chi connectivity index (χ0n) is 14.8. The Morgan fingerprint density at radius 2 is 1.81 bits per heavy atom. The van der Waals surface area contributed by atoms with Crippen LogP contribution in [0.4, 0.5) is 0 Å². The minimum absolute atomic E-state index is 0.0325. The van der Waals surface area contributed by atoms with Gasteiger partial charge in [-0.05, 0) is 50.3 Å². The molecule has 0 saturated carbocycles. The van der Waals surface area contributed by atoms with Gasteiger partial charge in [0.05, 0.1) is 11.7 Å². The molecule has 1 aliphatic heterocycles. The fourth-order valence-electron chi connectivity index (χ4n) is 3.50. The van der Waals surface area contributed by atoms with Crippen LogP contribution in [0.5, 0.6) is 0 Å². The van der Waals surface area contributed by atoms with E-state index in [1.165, 1.54) is 0 Å². The number of rotatable bonds is 4. The molecule has 4 nitrogen and oxygen atoms in total. The predicted octanol–water partition coefficient (Wildman–Crippen LogP) is 4.72. The van der Waals surface area contributed by atoms with Crippen molar-refractivity contribution in [3.63, 3.8) is 0 Å². The van der Waals surface area contributed by atoms with Crippen molar-refractivity contribution in [3.8, 4) is 11.3 Å². The third-order valence-electron chi connectivity index (χ3n) is 4.67. The zero-order valence-corrected chi connectivity index (χ0v) is 15.6. The SMILES string of the molecule is CC(C)N1C(=S)N[C@H](c2ccccn2)[C@H]1c1ccc(-c2ccccc2)o1. The lowest BCUT2D eigenvalue weighted by Crippen LogP contribution is -2.35. The summed E-state index contributed by atoms with van der Waals surface area (Å²) in [6, 6.07) is 20.3. The molecular formula is C21H21N3OS. The topological polar surface area (TPSA) is 41.3 Å². The molecule has 0 amide bonds. The van der Waals surface area contributed by atoms with Gasteiger partial charge < -0.3 is 14.6 Å². The number of nitrogens with one attached hydrogen (secondary N) is 1. The first-order valence-electron chi connectivity index (χ1n) is 8.80. The van der Waals surface area contributed by atoms with Crippen LogP contribution >= 0.6 is 12.2 Å². The van der Waals surface area contributed by atoms with E-state index in [0.29, 0.717) is 0 Å². The van der Waals surface area contributed by atoms with Gasteiger partial charge in [-0.3, -0.25) is 4.98 Å². The Labute approximate surface area is 158 Å². The lowest BCUT2D eigenvalue weighted by molar-refractivity contribution is 0.237. The summed E-state index contributed by atoms with van der Waals surface area (Å²) in [7, 11) is 0. The molecule has 1 aliphatic rings. The van der Waals surface area contributed by atoms with E-state index < -0.39 is 0 Å². The highest BCUT2D eigenvalue weighted by Crippen LogP contribution is 2.41. The van der Waals surface area contributed by atoms with Gasteiger partial charge in [-0.1, -0.05) is 36.4 Å². The van der Waals surface area contributed by atoms with Crippen molar-refractivity contribution in [3.05, 3.63) is 78.3 Å². The van der Waals surface area contributed by atoms with Gasteiger partial charge in [0.2, 0.25) is 0 Å². The van der Waals surface area contributed by atoms with Crippen LogP contribution in [0.3, 0.4) is 0 Å². The number of nitrogens with zero attached hydrogens (tertiary/aromatic N) is 2. The Bertz CT molecular complexity index is 892. The highest BCUT2D eigenvalue weighted by atomic mass is 32.1. The van der Waals surface area contributed by atoms with Gasteiger partial charge in [-0.25, -0.2) is 0 Å². The van der Waals surface area contributed by atoms with Crippen LogP contribution < -0.4 is 5.32 Å². The summed E-state index contributed by atoms with van der Waals surface area (Å²) in [6.45, 7) is 4.28. The summed E-state index contributed by atoms with van der Waals surface area (Å²) in [5, 5.41) is 4.17. The van der Waals surface area contributed by atoms with Crippen molar-refractivity contribution in [1.29, 1.82) is 0 Å². The summed E-state index contributed by atoms with van der Waals surface area (Å²) >= 11 is 5.62. The van der Waals surface area contributed by atoms with Crippen LogP contribution in [-0.4, -0.2) is 21.0 Å². The van der Waals surface area contributed by atoms with Crippen molar-refractivity contribution < 1.29 is 4.42 Å².